The van der Waals surface area contributed by atoms with Gasteiger partial charge < -0.3 is 14.4 Å². The van der Waals surface area contributed by atoms with Crippen molar-refractivity contribution in [2.24, 2.45) is 10.2 Å². The SMILES string of the molecule is C#CC1(Cn2c(CN3CCC(c4cccc(OCc5ccc(Cl)cc5F)n4)CC3)nc3ccc(C(=O)O)cc32)N=N1. The molecule has 2 aliphatic heterocycles. The molecule has 41 heavy (non-hydrogen) atoms. The van der Waals surface area contributed by atoms with Crippen molar-refractivity contribution in [3.05, 3.63) is 88.1 Å². The quantitative estimate of drug-likeness (QED) is 0.259. The summed E-state index contributed by atoms with van der Waals surface area (Å²) in [4.78, 5) is 23.4. The molecule has 1 fully saturated rings. The Morgan fingerprint density at radius 3 is 2.66 bits per heavy atom. The number of hydrogen-bond acceptors (Lipinski definition) is 7. The largest absolute Gasteiger partial charge is 0.478 e. The average molecular weight is 573 g/mol. The highest BCUT2D eigenvalue weighted by molar-refractivity contribution is 6.30. The second-order valence-electron chi connectivity index (χ2n) is 10.3. The van der Waals surface area contributed by atoms with Gasteiger partial charge in [0.25, 0.3) is 5.66 Å². The minimum absolute atomic E-state index is 0.0639. The van der Waals surface area contributed by atoms with Crippen molar-refractivity contribution in [1.29, 1.82) is 0 Å². The van der Waals surface area contributed by atoms with Gasteiger partial charge in [0.2, 0.25) is 5.88 Å². The number of nitrogens with zero attached hydrogens (tertiary/aromatic N) is 6. The van der Waals surface area contributed by atoms with E-state index in [1.807, 2.05) is 16.7 Å². The van der Waals surface area contributed by atoms with E-state index in [-0.39, 0.29) is 18.1 Å². The van der Waals surface area contributed by atoms with Gasteiger partial charge >= 0.3 is 5.97 Å². The Labute approximate surface area is 240 Å². The smallest absolute Gasteiger partial charge is 0.335 e. The maximum absolute atomic E-state index is 14.1. The van der Waals surface area contributed by atoms with Gasteiger partial charge in [0.1, 0.15) is 18.2 Å². The van der Waals surface area contributed by atoms with Gasteiger partial charge in [-0.05, 0) is 68.2 Å². The summed E-state index contributed by atoms with van der Waals surface area (Å²) in [6.45, 7) is 2.60. The molecule has 1 saturated heterocycles. The number of carboxylic acids is 1. The highest BCUT2D eigenvalue weighted by Crippen LogP contribution is 2.33. The number of imidazole rings is 1. The van der Waals surface area contributed by atoms with E-state index in [1.165, 1.54) is 6.07 Å². The van der Waals surface area contributed by atoms with Crippen LogP contribution in [-0.2, 0) is 19.7 Å². The van der Waals surface area contributed by atoms with E-state index in [1.54, 1.807) is 36.4 Å². The van der Waals surface area contributed by atoms with Crippen molar-refractivity contribution in [3.63, 3.8) is 0 Å². The van der Waals surface area contributed by atoms with Gasteiger partial charge in [0.05, 0.1) is 29.7 Å². The summed E-state index contributed by atoms with van der Waals surface area (Å²) < 4.78 is 21.8. The average Bonchev–Trinajstić information content (AvgIpc) is 3.68. The highest BCUT2D eigenvalue weighted by Gasteiger charge is 2.39. The summed E-state index contributed by atoms with van der Waals surface area (Å²) >= 11 is 5.84. The summed E-state index contributed by atoms with van der Waals surface area (Å²) in [6, 6.07) is 15.1. The predicted octanol–water partition coefficient (Wildman–Crippen LogP) is 5.68. The van der Waals surface area contributed by atoms with Crippen LogP contribution in [0.2, 0.25) is 5.02 Å². The maximum Gasteiger partial charge on any atom is 0.335 e. The van der Waals surface area contributed by atoms with Crippen LogP contribution < -0.4 is 4.74 Å². The van der Waals surface area contributed by atoms with Crippen LogP contribution in [0, 0.1) is 18.2 Å². The predicted molar refractivity (Wildman–Crippen MR) is 150 cm³/mol. The van der Waals surface area contributed by atoms with Crippen molar-refractivity contribution in [2.45, 2.75) is 44.1 Å². The van der Waals surface area contributed by atoms with Crippen LogP contribution in [0.25, 0.3) is 11.0 Å². The molecule has 4 aromatic rings. The van der Waals surface area contributed by atoms with Gasteiger partial charge in [-0.1, -0.05) is 23.7 Å². The molecule has 2 aliphatic rings. The number of pyridine rings is 1. The second-order valence-corrected chi connectivity index (χ2v) is 10.7. The number of ether oxygens (including phenoxy) is 1. The fourth-order valence-electron chi connectivity index (χ4n) is 5.17. The number of aromatic carboxylic acids is 1. The van der Waals surface area contributed by atoms with Gasteiger partial charge in [-0.15, -0.1) is 16.7 Å². The number of fused-ring (bicyclic) bond motifs is 1. The first-order chi connectivity index (χ1) is 19.8. The lowest BCUT2D eigenvalue weighted by atomic mass is 9.93. The number of carbonyl (C=O) groups is 1. The van der Waals surface area contributed by atoms with E-state index >= 15 is 0 Å². The molecule has 4 heterocycles. The molecular formula is C30H26ClFN6O3. The minimum Gasteiger partial charge on any atom is -0.478 e. The number of benzene rings is 2. The molecule has 11 heteroatoms. The Hall–Kier alpha value is -4.33. The molecule has 1 N–H and O–H groups in total. The van der Waals surface area contributed by atoms with Crippen LogP contribution in [0.5, 0.6) is 5.88 Å². The number of hydrogen-bond donors (Lipinski definition) is 1. The van der Waals surface area contributed by atoms with Gasteiger partial charge in [-0.25, -0.2) is 19.2 Å². The monoisotopic (exact) mass is 572 g/mol. The second kappa shape index (κ2) is 10.9. The van der Waals surface area contributed by atoms with Crippen LogP contribution >= 0.6 is 11.6 Å². The molecule has 0 atom stereocenters. The lowest BCUT2D eigenvalue weighted by molar-refractivity contribution is 0.0697. The molecule has 0 saturated carbocycles. The zero-order chi connectivity index (χ0) is 28.6. The van der Waals surface area contributed by atoms with E-state index in [0.29, 0.717) is 40.6 Å². The van der Waals surface area contributed by atoms with Crippen LogP contribution in [-0.4, -0.2) is 49.3 Å². The molecule has 2 aromatic carbocycles. The third-order valence-electron chi connectivity index (χ3n) is 7.53. The summed E-state index contributed by atoms with van der Waals surface area (Å²) in [6.07, 6.45) is 7.46. The van der Waals surface area contributed by atoms with Crippen molar-refractivity contribution >= 4 is 28.6 Å². The first kappa shape index (κ1) is 26.9. The number of piperidine rings is 1. The van der Waals surface area contributed by atoms with E-state index in [0.717, 1.165) is 37.4 Å². The molecule has 9 nitrogen and oxygen atoms in total. The summed E-state index contributed by atoms with van der Waals surface area (Å²) in [5, 5.41) is 17.9. The molecule has 0 spiro atoms. The van der Waals surface area contributed by atoms with Crippen LogP contribution in [0.3, 0.4) is 0 Å². The number of halogens is 2. The zero-order valence-corrected chi connectivity index (χ0v) is 22.8. The molecular weight excluding hydrogens is 547 g/mol. The number of likely N-dealkylation sites (tertiary alicyclic amines) is 1. The topological polar surface area (TPSA) is 105 Å². The molecule has 2 aromatic heterocycles. The third-order valence-corrected chi connectivity index (χ3v) is 7.77. The summed E-state index contributed by atoms with van der Waals surface area (Å²) in [5.74, 6) is 2.70. The maximum atomic E-state index is 14.1. The molecule has 0 aliphatic carbocycles. The minimum atomic E-state index is -1.00. The number of rotatable bonds is 9. The van der Waals surface area contributed by atoms with E-state index in [9.17, 15) is 14.3 Å². The van der Waals surface area contributed by atoms with Crippen molar-refractivity contribution in [1.82, 2.24) is 19.4 Å². The molecule has 0 amide bonds. The molecule has 0 bridgehead atoms. The fraction of sp³-hybridized carbons (Fsp3) is 0.300. The Morgan fingerprint density at radius 2 is 1.95 bits per heavy atom. The number of terminal acetylenes is 1. The first-order valence-electron chi connectivity index (χ1n) is 13.2. The standard InChI is InChI=1S/C30H26ClFN6O3/c1-2-30(35-36-30)18-38-26-14-20(29(39)40)7-9-25(26)33-27(38)16-37-12-10-19(11-13-37)24-4-3-5-28(34-24)41-17-21-6-8-22(31)15-23(21)32/h1,3-9,14-15,19H,10-13,16-18H2,(H,39,40). The van der Waals surface area contributed by atoms with Crippen LogP contribution in [0.1, 0.15) is 46.2 Å². The van der Waals surface area contributed by atoms with Crippen molar-refractivity contribution in [2.75, 3.05) is 13.1 Å². The van der Waals surface area contributed by atoms with E-state index < -0.39 is 17.4 Å². The Morgan fingerprint density at radius 1 is 1.15 bits per heavy atom. The molecule has 0 unspecified atom stereocenters. The number of carboxylic acid groups (broad SMARTS) is 1. The van der Waals surface area contributed by atoms with Gasteiger partial charge in [0.15, 0.2) is 0 Å². The molecule has 6 rings (SSSR count). The Bertz CT molecular complexity index is 1700. The molecule has 208 valence electrons. The van der Waals surface area contributed by atoms with Crippen molar-refractivity contribution < 1.29 is 19.0 Å². The lowest BCUT2D eigenvalue weighted by Crippen LogP contribution is -2.34. The Kier molecular flexibility index (Phi) is 7.15. The van der Waals surface area contributed by atoms with Gasteiger partial charge in [-0.3, -0.25) is 4.90 Å². The number of aromatic nitrogens is 3. The highest BCUT2D eigenvalue weighted by atomic mass is 35.5. The van der Waals surface area contributed by atoms with Crippen LogP contribution in [0.15, 0.2) is 64.8 Å². The lowest BCUT2D eigenvalue weighted by Gasteiger charge is -2.31. The fourth-order valence-corrected chi connectivity index (χ4v) is 5.32. The Balaban J connectivity index is 1.13. The third kappa shape index (κ3) is 5.78. The first-order valence-corrected chi connectivity index (χ1v) is 13.6. The molecule has 0 radical (unpaired) electrons. The normalized spacial score (nSPS) is 16.5. The zero-order valence-electron chi connectivity index (χ0n) is 22.0. The van der Waals surface area contributed by atoms with Crippen molar-refractivity contribution in [3.8, 4) is 18.2 Å². The summed E-state index contributed by atoms with van der Waals surface area (Å²) in [7, 11) is 0. The van der Waals surface area contributed by atoms with Gasteiger partial charge in [0, 0.05) is 28.3 Å². The summed E-state index contributed by atoms with van der Waals surface area (Å²) in [5.41, 5.74) is 2.01. The van der Waals surface area contributed by atoms with Gasteiger partial charge in [-0.2, -0.15) is 0 Å². The van der Waals surface area contributed by atoms with E-state index in [2.05, 4.69) is 21.0 Å². The van der Waals surface area contributed by atoms with Crippen LogP contribution in [0.4, 0.5) is 4.39 Å². The van der Waals surface area contributed by atoms with E-state index in [4.69, 9.17) is 32.7 Å².